The van der Waals surface area contributed by atoms with Gasteiger partial charge in [-0.25, -0.2) is 9.59 Å². The van der Waals surface area contributed by atoms with Crippen molar-refractivity contribution < 1.29 is 19.4 Å². The molecule has 0 aliphatic heterocycles. The van der Waals surface area contributed by atoms with Gasteiger partial charge in [0.1, 0.15) is 6.61 Å². The van der Waals surface area contributed by atoms with E-state index in [0.717, 1.165) is 11.1 Å². The third kappa shape index (κ3) is 6.88. The Kier molecular flexibility index (Phi) is 8.22. The van der Waals surface area contributed by atoms with Gasteiger partial charge in [-0.15, -0.1) is 0 Å². The number of carbonyl (C=O) groups is 2. The number of aromatic nitrogens is 2. The molecule has 0 atom stereocenters. The number of benzene rings is 2. The maximum Gasteiger partial charge on any atom is 0.340 e. The Balaban J connectivity index is 0.000000181. The van der Waals surface area contributed by atoms with Gasteiger partial charge in [0.05, 0.1) is 16.8 Å². The average Bonchev–Trinajstić information content (AvgIpc) is 2.85. The largest absolute Gasteiger partial charge is 0.478 e. The molecule has 4 rings (SSSR count). The molecule has 0 amide bonds. The topological polar surface area (TPSA) is 89.4 Å². The van der Waals surface area contributed by atoms with Crippen molar-refractivity contribution in [3.8, 4) is 0 Å². The first-order chi connectivity index (χ1) is 15.6. The Bertz CT molecular complexity index is 1130. The van der Waals surface area contributed by atoms with E-state index in [0.29, 0.717) is 17.7 Å². The fourth-order valence-electron chi connectivity index (χ4n) is 2.85. The molecule has 0 unspecified atom stereocenters. The van der Waals surface area contributed by atoms with Crippen molar-refractivity contribution in [2.45, 2.75) is 13.0 Å². The number of nitrogens with zero attached hydrogens (tertiary/aromatic N) is 2. The Morgan fingerprint density at radius 1 is 0.781 bits per heavy atom. The lowest BCUT2D eigenvalue weighted by molar-refractivity contribution is 0.0472. The summed E-state index contributed by atoms with van der Waals surface area (Å²) in [5.41, 5.74) is 3.37. The fraction of sp³-hybridized carbons (Fsp3) is 0.0769. The molecule has 0 saturated carbocycles. The predicted molar refractivity (Wildman–Crippen MR) is 120 cm³/mol. The minimum Gasteiger partial charge on any atom is -0.478 e. The van der Waals surface area contributed by atoms with Crippen LogP contribution in [0.2, 0.25) is 0 Å². The van der Waals surface area contributed by atoms with Crippen LogP contribution in [-0.2, 0) is 17.8 Å². The molecular weight excluding hydrogens is 404 g/mol. The Morgan fingerprint density at radius 2 is 1.44 bits per heavy atom. The van der Waals surface area contributed by atoms with Crippen LogP contribution < -0.4 is 0 Å². The van der Waals surface area contributed by atoms with Crippen LogP contribution in [-0.4, -0.2) is 27.0 Å². The van der Waals surface area contributed by atoms with Gasteiger partial charge < -0.3 is 9.84 Å². The zero-order valence-corrected chi connectivity index (χ0v) is 17.3. The number of pyridine rings is 2. The van der Waals surface area contributed by atoms with Crippen molar-refractivity contribution in [2.24, 2.45) is 0 Å². The highest BCUT2D eigenvalue weighted by Gasteiger charge is 2.10. The van der Waals surface area contributed by atoms with Crippen LogP contribution in [0.25, 0.3) is 0 Å². The van der Waals surface area contributed by atoms with Crippen LogP contribution in [0, 0.1) is 0 Å². The monoisotopic (exact) mass is 426 g/mol. The van der Waals surface area contributed by atoms with Gasteiger partial charge in [-0.1, -0.05) is 60.7 Å². The van der Waals surface area contributed by atoms with E-state index in [1.165, 1.54) is 6.20 Å². The van der Waals surface area contributed by atoms with Gasteiger partial charge in [0.15, 0.2) is 0 Å². The van der Waals surface area contributed by atoms with E-state index in [-0.39, 0.29) is 18.1 Å². The van der Waals surface area contributed by atoms with E-state index >= 15 is 0 Å². The van der Waals surface area contributed by atoms with E-state index in [9.17, 15) is 9.59 Å². The fourth-order valence-corrected chi connectivity index (χ4v) is 2.85. The second-order valence-electron chi connectivity index (χ2n) is 6.77. The zero-order valence-electron chi connectivity index (χ0n) is 17.3. The molecule has 2 heterocycles. The molecule has 0 fully saturated rings. The summed E-state index contributed by atoms with van der Waals surface area (Å²) in [6.07, 6.45) is 5.27. The van der Waals surface area contributed by atoms with Crippen LogP contribution in [0.1, 0.15) is 37.5 Å². The van der Waals surface area contributed by atoms with Gasteiger partial charge in [-0.2, -0.15) is 0 Å². The molecule has 0 aliphatic carbocycles. The lowest BCUT2D eigenvalue weighted by atomic mass is 10.1. The summed E-state index contributed by atoms with van der Waals surface area (Å²) in [5, 5.41) is 9.00. The summed E-state index contributed by atoms with van der Waals surface area (Å²) >= 11 is 0. The van der Waals surface area contributed by atoms with E-state index < -0.39 is 5.97 Å². The molecule has 0 saturated heterocycles. The molecule has 0 aliphatic rings. The molecule has 6 nitrogen and oxygen atoms in total. The number of ether oxygens (including phenoxy) is 1. The van der Waals surface area contributed by atoms with Gasteiger partial charge in [0, 0.05) is 25.0 Å². The summed E-state index contributed by atoms with van der Waals surface area (Å²) < 4.78 is 5.14. The van der Waals surface area contributed by atoms with Crippen LogP contribution in [0.5, 0.6) is 0 Å². The summed E-state index contributed by atoms with van der Waals surface area (Å²) in [6, 6.07) is 25.9. The van der Waals surface area contributed by atoms with E-state index in [2.05, 4.69) is 9.97 Å². The van der Waals surface area contributed by atoms with Crippen LogP contribution in [0.3, 0.4) is 0 Å². The molecule has 1 N–H and O–H groups in total. The molecule has 160 valence electrons. The number of carbonyl (C=O) groups excluding carboxylic acids is 1. The smallest absolute Gasteiger partial charge is 0.340 e. The number of esters is 1. The maximum absolute atomic E-state index is 11.6. The second-order valence-corrected chi connectivity index (χ2v) is 6.77. The third-order valence-corrected chi connectivity index (χ3v) is 4.45. The van der Waals surface area contributed by atoms with Gasteiger partial charge >= 0.3 is 11.9 Å². The SMILES string of the molecule is O=C(O)c1cccnc1Cc1ccccc1.O=C(OCc1ccccc1)c1cccnc1. The van der Waals surface area contributed by atoms with E-state index in [1.807, 2.05) is 60.7 Å². The predicted octanol–water partition coefficient (Wildman–Crippen LogP) is 4.81. The molecular formula is C26H22N2O4. The normalized spacial score (nSPS) is 9.88. The van der Waals surface area contributed by atoms with Gasteiger partial charge in [-0.05, 0) is 35.4 Å². The van der Waals surface area contributed by atoms with Crippen LogP contribution >= 0.6 is 0 Å². The highest BCUT2D eigenvalue weighted by molar-refractivity contribution is 5.89. The molecule has 4 aromatic rings. The molecule has 0 spiro atoms. The number of aromatic carboxylic acids is 1. The number of carboxylic acid groups (broad SMARTS) is 1. The van der Waals surface area contributed by atoms with E-state index in [1.54, 1.807) is 36.7 Å². The van der Waals surface area contributed by atoms with Crippen LogP contribution in [0.4, 0.5) is 0 Å². The van der Waals surface area contributed by atoms with Crippen molar-refractivity contribution >= 4 is 11.9 Å². The standard InChI is InChI=1S/2C13H11NO2/c15-13(12-7-4-8-14-9-12)16-10-11-5-2-1-3-6-11;15-13(16)11-7-4-8-14-12(11)9-10-5-2-1-3-6-10/h1-9H,10H2;1-8H,9H2,(H,15,16). The molecule has 0 bridgehead atoms. The quantitative estimate of drug-likeness (QED) is 0.445. The minimum atomic E-state index is -0.931. The van der Waals surface area contributed by atoms with Crippen LogP contribution in [0.15, 0.2) is 104 Å². The number of hydrogen-bond donors (Lipinski definition) is 1. The minimum absolute atomic E-state index is 0.270. The maximum atomic E-state index is 11.6. The Labute approximate surface area is 186 Å². The zero-order chi connectivity index (χ0) is 22.6. The first-order valence-corrected chi connectivity index (χ1v) is 9.95. The number of rotatable bonds is 6. The van der Waals surface area contributed by atoms with Gasteiger partial charge in [0.2, 0.25) is 0 Å². The summed E-state index contributed by atoms with van der Waals surface area (Å²) in [4.78, 5) is 30.5. The summed E-state index contributed by atoms with van der Waals surface area (Å²) in [5.74, 6) is -1.28. The van der Waals surface area contributed by atoms with Crippen molar-refractivity contribution in [3.05, 3.63) is 131 Å². The lowest BCUT2D eigenvalue weighted by Crippen LogP contribution is -2.05. The summed E-state index contributed by atoms with van der Waals surface area (Å²) in [7, 11) is 0. The highest BCUT2D eigenvalue weighted by atomic mass is 16.5. The molecule has 32 heavy (non-hydrogen) atoms. The average molecular weight is 426 g/mol. The van der Waals surface area contributed by atoms with E-state index in [4.69, 9.17) is 9.84 Å². The molecule has 2 aromatic heterocycles. The highest BCUT2D eigenvalue weighted by Crippen LogP contribution is 2.11. The lowest BCUT2D eigenvalue weighted by Gasteiger charge is -2.04. The van der Waals surface area contributed by atoms with Gasteiger partial charge in [0.25, 0.3) is 0 Å². The van der Waals surface area contributed by atoms with Crippen molar-refractivity contribution in [1.82, 2.24) is 9.97 Å². The van der Waals surface area contributed by atoms with Crippen molar-refractivity contribution in [3.63, 3.8) is 0 Å². The molecule has 6 heteroatoms. The van der Waals surface area contributed by atoms with Crippen molar-refractivity contribution in [2.75, 3.05) is 0 Å². The van der Waals surface area contributed by atoms with Gasteiger partial charge in [-0.3, -0.25) is 9.97 Å². The molecule has 2 aromatic carbocycles. The Hall–Kier alpha value is -4.32. The first-order valence-electron chi connectivity index (χ1n) is 9.95. The van der Waals surface area contributed by atoms with Crippen molar-refractivity contribution in [1.29, 1.82) is 0 Å². The number of carboxylic acids is 1. The number of hydrogen-bond acceptors (Lipinski definition) is 5. The second kappa shape index (κ2) is 11.8. The first kappa shape index (κ1) is 22.4. The molecule has 0 radical (unpaired) electrons. The Morgan fingerprint density at radius 3 is 2.06 bits per heavy atom. The third-order valence-electron chi connectivity index (χ3n) is 4.45. The summed E-state index contributed by atoms with van der Waals surface area (Å²) in [6.45, 7) is 0.286.